The van der Waals surface area contributed by atoms with Crippen molar-refractivity contribution in [2.24, 2.45) is 0 Å². The summed E-state index contributed by atoms with van der Waals surface area (Å²) in [5.41, 5.74) is -15.0. The molecular formula is C15H9F9O3S3. The molecule has 0 N–H and O–H groups in total. The van der Waals surface area contributed by atoms with Gasteiger partial charge in [0.15, 0.2) is 30.8 Å². The van der Waals surface area contributed by atoms with Crippen molar-refractivity contribution in [2.45, 2.75) is 31.2 Å². The second-order valence-electron chi connectivity index (χ2n) is 4.96. The van der Waals surface area contributed by atoms with Crippen molar-refractivity contribution in [2.75, 3.05) is 0 Å². The van der Waals surface area contributed by atoms with Crippen LogP contribution in [-0.2, 0) is 21.0 Å². The minimum absolute atomic E-state index is 0.0646. The highest BCUT2D eigenvalue weighted by Gasteiger charge is 2.56. The Hall–Kier alpha value is -1.58. The first kappa shape index (κ1) is 26.5. The lowest BCUT2D eigenvalue weighted by molar-refractivity contribution is -0.0518. The van der Waals surface area contributed by atoms with Gasteiger partial charge in [-0.2, -0.15) is 26.3 Å². The van der Waals surface area contributed by atoms with Gasteiger partial charge in [0.05, 0.1) is 4.90 Å². The number of halogens is 9. The molecule has 1 unspecified atom stereocenters. The average Bonchev–Trinajstić information content (AvgIpc) is 2.54. The van der Waals surface area contributed by atoms with E-state index in [2.05, 4.69) is 0 Å². The summed E-state index contributed by atoms with van der Waals surface area (Å²) in [6, 6.07) is 11.7. The van der Waals surface area contributed by atoms with Crippen molar-refractivity contribution in [3.8, 4) is 0 Å². The quantitative estimate of drug-likeness (QED) is 0.172. The predicted molar refractivity (Wildman–Crippen MR) is 90.5 cm³/mol. The van der Waals surface area contributed by atoms with Gasteiger partial charge in [0.1, 0.15) is 0 Å². The number of hydrogen-bond donors (Lipinski definition) is 0. The maximum absolute atomic E-state index is 13.4. The fourth-order valence-electron chi connectivity index (χ4n) is 1.77. The van der Waals surface area contributed by atoms with Crippen LogP contribution in [0.5, 0.6) is 0 Å². The highest BCUT2D eigenvalue weighted by Crippen LogP contribution is 2.45. The van der Waals surface area contributed by atoms with E-state index < -0.39 is 54.2 Å². The Kier molecular flexibility index (Phi) is 8.55. The molecule has 0 spiro atoms. The van der Waals surface area contributed by atoms with Crippen molar-refractivity contribution in [3.63, 3.8) is 0 Å². The zero-order valence-electron chi connectivity index (χ0n) is 14.0. The van der Waals surface area contributed by atoms with E-state index in [-0.39, 0.29) is 9.79 Å². The number of benzene rings is 2. The predicted octanol–water partition coefficient (Wildman–Crippen LogP) is 5.91. The Balaban J connectivity index is 0.000000479. The van der Waals surface area contributed by atoms with Crippen molar-refractivity contribution in [1.29, 1.82) is 0 Å². The molecule has 0 aromatic heterocycles. The van der Waals surface area contributed by atoms with Gasteiger partial charge in [-0.25, -0.2) is 8.42 Å². The standard InChI is InChI=1S/C14H9F6S2.CHF3O3S/c15-13(16,17)21-11-8-4-5-9-12(11)22(14(18,19)20)10-6-2-1-3-7-10;2-1(3,4)8(5,6)7/h1-9H;(H,5,6,7)/q+1;/p-1. The Morgan fingerprint density at radius 3 is 1.60 bits per heavy atom. The summed E-state index contributed by atoms with van der Waals surface area (Å²) in [4.78, 5) is -0.867. The molecule has 2 rings (SSSR count). The molecule has 2 aromatic carbocycles. The van der Waals surface area contributed by atoms with E-state index in [0.717, 1.165) is 12.1 Å². The lowest BCUT2D eigenvalue weighted by Crippen LogP contribution is -2.25. The molecule has 0 aliphatic rings. The number of rotatable bonds is 3. The molecule has 1 atom stereocenters. The molecule has 0 saturated heterocycles. The second kappa shape index (κ2) is 9.70. The van der Waals surface area contributed by atoms with Crippen molar-refractivity contribution in [3.05, 3.63) is 54.6 Å². The van der Waals surface area contributed by atoms with Gasteiger partial charge in [0.2, 0.25) is 0 Å². The van der Waals surface area contributed by atoms with Crippen molar-refractivity contribution >= 4 is 32.8 Å². The first-order valence-electron chi connectivity index (χ1n) is 7.16. The van der Waals surface area contributed by atoms with Gasteiger partial charge in [-0.05, 0) is 36.0 Å². The van der Waals surface area contributed by atoms with Gasteiger partial charge in [0, 0.05) is 0 Å². The third-order valence-corrected chi connectivity index (χ3v) is 6.29. The normalized spacial score (nSPS) is 13.9. The maximum atomic E-state index is 13.4. The molecule has 0 aliphatic heterocycles. The zero-order valence-corrected chi connectivity index (χ0v) is 16.5. The van der Waals surface area contributed by atoms with Gasteiger partial charge in [0.25, 0.3) is 0 Å². The van der Waals surface area contributed by atoms with Crippen LogP contribution in [0.25, 0.3) is 0 Å². The zero-order chi connectivity index (χ0) is 23.4. The van der Waals surface area contributed by atoms with Crippen molar-refractivity contribution < 1.29 is 52.5 Å². The highest BCUT2D eigenvalue weighted by atomic mass is 32.2. The van der Waals surface area contributed by atoms with Crippen LogP contribution in [0.15, 0.2) is 69.3 Å². The summed E-state index contributed by atoms with van der Waals surface area (Å²) in [7, 11) is -8.53. The first-order valence-corrected chi connectivity index (χ1v) is 10.6. The minimum Gasteiger partial charge on any atom is -0.741 e. The summed E-state index contributed by atoms with van der Waals surface area (Å²) >= 11 is -0.527. The largest absolute Gasteiger partial charge is 0.741 e. The van der Waals surface area contributed by atoms with Crippen molar-refractivity contribution in [1.82, 2.24) is 0 Å². The van der Waals surface area contributed by atoms with E-state index in [1.54, 1.807) is 6.07 Å². The van der Waals surface area contributed by atoms with Gasteiger partial charge in [-0.15, -0.1) is 13.2 Å². The van der Waals surface area contributed by atoms with Crippen LogP contribution < -0.4 is 0 Å². The summed E-state index contributed by atoms with van der Waals surface area (Å²) in [6.45, 7) is 0. The van der Waals surface area contributed by atoms with Crippen LogP contribution in [-0.4, -0.2) is 29.5 Å². The Morgan fingerprint density at radius 1 is 0.767 bits per heavy atom. The SMILES string of the molecule is FC(F)(F)Sc1ccccc1[S+](c1ccccc1)C(F)(F)F.O=S(=O)([O-])C(F)(F)F. The van der Waals surface area contributed by atoms with E-state index in [1.165, 1.54) is 36.4 Å². The molecular weight excluding hydrogens is 495 g/mol. The van der Waals surface area contributed by atoms with Crippen LogP contribution in [0.4, 0.5) is 39.5 Å². The second-order valence-corrected chi connectivity index (χ2v) is 9.42. The molecule has 0 heterocycles. The topological polar surface area (TPSA) is 57.2 Å². The fourth-order valence-corrected chi connectivity index (χ4v) is 4.39. The Bertz CT molecular complexity index is 924. The van der Waals surface area contributed by atoms with Crippen LogP contribution in [0.2, 0.25) is 0 Å². The van der Waals surface area contributed by atoms with Gasteiger partial charge >= 0.3 is 16.5 Å². The van der Waals surface area contributed by atoms with Crippen LogP contribution in [0.3, 0.4) is 0 Å². The van der Waals surface area contributed by atoms with Crippen LogP contribution in [0, 0.1) is 0 Å². The summed E-state index contributed by atoms with van der Waals surface area (Å²) < 4.78 is 137. The van der Waals surface area contributed by atoms with E-state index in [9.17, 15) is 39.5 Å². The average molecular weight is 504 g/mol. The third-order valence-electron chi connectivity index (χ3n) is 2.79. The molecule has 30 heavy (non-hydrogen) atoms. The van der Waals surface area contributed by atoms with Crippen LogP contribution in [0.1, 0.15) is 0 Å². The van der Waals surface area contributed by atoms with Crippen LogP contribution >= 0.6 is 11.8 Å². The number of thioether (sulfide) groups is 1. The fraction of sp³-hybridized carbons (Fsp3) is 0.200. The monoisotopic (exact) mass is 504 g/mol. The number of alkyl halides is 9. The lowest BCUT2D eigenvalue weighted by Gasteiger charge is -2.14. The highest BCUT2D eigenvalue weighted by molar-refractivity contribution is 8.02. The molecule has 15 heteroatoms. The van der Waals surface area contributed by atoms with E-state index in [4.69, 9.17) is 13.0 Å². The smallest absolute Gasteiger partial charge is 0.586 e. The first-order chi connectivity index (χ1) is 13.4. The van der Waals surface area contributed by atoms with E-state index in [0.29, 0.717) is 0 Å². The van der Waals surface area contributed by atoms with Gasteiger partial charge in [-0.3, -0.25) is 0 Å². The van der Waals surface area contributed by atoms with Gasteiger partial charge in [-0.1, -0.05) is 30.3 Å². The summed E-state index contributed by atoms with van der Waals surface area (Å²) in [6.07, 6.45) is 0. The van der Waals surface area contributed by atoms with E-state index in [1.807, 2.05) is 0 Å². The summed E-state index contributed by atoms with van der Waals surface area (Å²) in [5.74, 6) is 0. The molecule has 0 fully saturated rings. The Labute approximate surface area is 171 Å². The molecule has 0 bridgehead atoms. The maximum Gasteiger partial charge on any atom is 0.586 e. The molecule has 0 aliphatic carbocycles. The number of hydrogen-bond acceptors (Lipinski definition) is 4. The lowest BCUT2D eigenvalue weighted by atomic mass is 10.4. The summed E-state index contributed by atoms with van der Waals surface area (Å²) in [5, 5.41) is 0. The minimum atomic E-state index is -6.09. The van der Waals surface area contributed by atoms with E-state index >= 15 is 0 Å². The molecule has 168 valence electrons. The Morgan fingerprint density at radius 2 is 1.20 bits per heavy atom. The molecule has 0 saturated carbocycles. The molecule has 0 radical (unpaired) electrons. The molecule has 2 aromatic rings. The van der Waals surface area contributed by atoms with Gasteiger partial charge < -0.3 is 4.55 Å². The third kappa shape index (κ3) is 8.28. The molecule has 0 amide bonds. The molecule has 3 nitrogen and oxygen atoms in total.